The maximum atomic E-state index is 5.82. The lowest BCUT2D eigenvalue weighted by Crippen LogP contribution is -2.40. The van der Waals surface area contributed by atoms with Crippen molar-refractivity contribution in [3.63, 3.8) is 0 Å². The molecule has 3 heteroatoms. The highest BCUT2D eigenvalue weighted by Crippen LogP contribution is 2.28. The van der Waals surface area contributed by atoms with Gasteiger partial charge < -0.3 is 15.8 Å². The van der Waals surface area contributed by atoms with Crippen LogP contribution in [0.4, 0.5) is 11.4 Å². The van der Waals surface area contributed by atoms with Gasteiger partial charge in [-0.3, -0.25) is 0 Å². The van der Waals surface area contributed by atoms with Crippen molar-refractivity contribution < 1.29 is 4.74 Å². The molecule has 1 aliphatic rings. The molecule has 1 aromatic carbocycles. The van der Waals surface area contributed by atoms with Crippen molar-refractivity contribution in [3.8, 4) is 0 Å². The maximum absolute atomic E-state index is 5.82. The molecule has 0 amide bonds. The van der Waals surface area contributed by atoms with Crippen molar-refractivity contribution >= 4 is 11.4 Å². The number of anilines is 2. The highest BCUT2D eigenvalue weighted by Gasteiger charge is 2.28. The van der Waals surface area contributed by atoms with Crippen molar-refractivity contribution in [3.05, 3.63) is 24.3 Å². The van der Waals surface area contributed by atoms with Gasteiger partial charge in [0, 0.05) is 13.2 Å². The van der Waals surface area contributed by atoms with Crippen LogP contribution in [-0.4, -0.2) is 19.3 Å². The number of hydrogen-bond donors (Lipinski definition) is 2. The first-order chi connectivity index (χ1) is 6.79. The van der Waals surface area contributed by atoms with Crippen molar-refractivity contribution in [1.82, 2.24) is 0 Å². The molecule has 2 rings (SSSR count). The molecule has 14 heavy (non-hydrogen) atoms. The molecular weight excluding hydrogens is 176 g/mol. The van der Waals surface area contributed by atoms with Crippen LogP contribution in [0.15, 0.2) is 24.3 Å². The van der Waals surface area contributed by atoms with Gasteiger partial charge in [-0.25, -0.2) is 0 Å². The van der Waals surface area contributed by atoms with Crippen LogP contribution in [0.1, 0.15) is 12.8 Å². The fraction of sp³-hybridized carbons (Fsp3) is 0.455. The van der Waals surface area contributed by atoms with E-state index in [0.29, 0.717) is 12.1 Å². The van der Waals surface area contributed by atoms with Gasteiger partial charge in [-0.15, -0.1) is 0 Å². The highest BCUT2D eigenvalue weighted by atomic mass is 16.5. The summed E-state index contributed by atoms with van der Waals surface area (Å²) in [5.41, 5.74) is 7.67. The van der Waals surface area contributed by atoms with E-state index in [1.165, 1.54) is 0 Å². The third-order valence-corrected chi connectivity index (χ3v) is 2.75. The number of methoxy groups -OCH3 is 1. The van der Waals surface area contributed by atoms with Crippen LogP contribution < -0.4 is 11.1 Å². The van der Waals surface area contributed by atoms with Crippen LogP contribution in [0.25, 0.3) is 0 Å². The number of benzene rings is 1. The molecule has 1 aliphatic carbocycles. The summed E-state index contributed by atoms with van der Waals surface area (Å²) in [6.07, 6.45) is 2.58. The van der Waals surface area contributed by atoms with E-state index in [1.54, 1.807) is 7.11 Å². The summed E-state index contributed by atoms with van der Waals surface area (Å²) in [6.45, 7) is 0. The molecule has 0 saturated heterocycles. The van der Waals surface area contributed by atoms with Crippen LogP contribution in [0, 0.1) is 0 Å². The van der Waals surface area contributed by atoms with E-state index in [2.05, 4.69) is 5.32 Å². The van der Waals surface area contributed by atoms with E-state index in [1.807, 2.05) is 24.3 Å². The predicted molar refractivity (Wildman–Crippen MR) is 58.3 cm³/mol. The van der Waals surface area contributed by atoms with Crippen LogP contribution in [0.2, 0.25) is 0 Å². The molecule has 0 heterocycles. The zero-order valence-electron chi connectivity index (χ0n) is 8.36. The van der Waals surface area contributed by atoms with Gasteiger partial charge in [-0.2, -0.15) is 0 Å². The van der Waals surface area contributed by atoms with E-state index >= 15 is 0 Å². The van der Waals surface area contributed by atoms with Gasteiger partial charge in [-0.1, -0.05) is 12.1 Å². The van der Waals surface area contributed by atoms with Crippen LogP contribution >= 0.6 is 0 Å². The minimum atomic E-state index is 0.428. The standard InChI is InChI=1S/C11H16N2O/c1-14-9-6-8(7-9)13-11-5-3-2-4-10(11)12/h2-5,8-9,13H,6-7,12H2,1H3. The SMILES string of the molecule is COC1CC(Nc2ccccc2N)C1. The van der Waals surface area contributed by atoms with Crippen molar-refractivity contribution in [1.29, 1.82) is 0 Å². The molecule has 0 radical (unpaired) electrons. The van der Waals surface area contributed by atoms with E-state index in [-0.39, 0.29) is 0 Å². The van der Waals surface area contributed by atoms with E-state index in [0.717, 1.165) is 24.2 Å². The number of hydrogen-bond acceptors (Lipinski definition) is 3. The first-order valence-corrected chi connectivity index (χ1v) is 4.93. The molecule has 76 valence electrons. The van der Waals surface area contributed by atoms with Gasteiger partial charge >= 0.3 is 0 Å². The second kappa shape index (κ2) is 3.88. The monoisotopic (exact) mass is 192 g/mol. The minimum Gasteiger partial charge on any atom is -0.397 e. The van der Waals surface area contributed by atoms with Gasteiger partial charge in [0.25, 0.3) is 0 Å². The Morgan fingerprint density at radius 3 is 2.71 bits per heavy atom. The fourth-order valence-electron chi connectivity index (χ4n) is 1.72. The molecular formula is C11H16N2O. The Balaban J connectivity index is 1.90. The van der Waals surface area contributed by atoms with Crippen LogP contribution in [0.3, 0.4) is 0 Å². The fourth-order valence-corrected chi connectivity index (χ4v) is 1.72. The number of para-hydroxylation sites is 2. The molecule has 0 unspecified atom stereocenters. The normalized spacial score (nSPS) is 25.5. The molecule has 0 atom stereocenters. The molecule has 3 nitrogen and oxygen atoms in total. The first kappa shape index (κ1) is 9.34. The van der Waals surface area contributed by atoms with Crippen molar-refractivity contribution in [2.24, 2.45) is 0 Å². The Morgan fingerprint density at radius 2 is 2.07 bits per heavy atom. The largest absolute Gasteiger partial charge is 0.397 e. The lowest BCUT2D eigenvalue weighted by Gasteiger charge is -2.35. The van der Waals surface area contributed by atoms with Crippen molar-refractivity contribution in [2.45, 2.75) is 25.0 Å². The van der Waals surface area contributed by atoms with Crippen molar-refractivity contribution in [2.75, 3.05) is 18.2 Å². The summed E-state index contributed by atoms with van der Waals surface area (Å²) in [4.78, 5) is 0. The second-order valence-electron chi connectivity index (χ2n) is 3.76. The molecule has 0 aliphatic heterocycles. The van der Waals surface area contributed by atoms with Gasteiger partial charge in [-0.05, 0) is 25.0 Å². The molecule has 0 aromatic heterocycles. The lowest BCUT2D eigenvalue weighted by atomic mass is 9.89. The van der Waals surface area contributed by atoms with Crippen LogP contribution in [0.5, 0.6) is 0 Å². The Bertz CT molecular complexity index is 308. The number of nitrogens with one attached hydrogen (secondary N) is 1. The second-order valence-corrected chi connectivity index (χ2v) is 3.76. The van der Waals surface area contributed by atoms with Gasteiger partial charge in [0.2, 0.25) is 0 Å². The topological polar surface area (TPSA) is 47.3 Å². The Morgan fingerprint density at radius 1 is 1.36 bits per heavy atom. The summed E-state index contributed by atoms with van der Waals surface area (Å²) in [6, 6.07) is 8.37. The molecule has 1 saturated carbocycles. The summed E-state index contributed by atoms with van der Waals surface area (Å²) in [7, 11) is 1.76. The average Bonchev–Trinajstić information content (AvgIpc) is 2.13. The number of nitrogen functional groups attached to an aromatic ring is 1. The summed E-state index contributed by atoms with van der Waals surface area (Å²) >= 11 is 0. The summed E-state index contributed by atoms with van der Waals surface area (Å²) < 4.78 is 5.21. The zero-order valence-corrected chi connectivity index (χ0v) is 8.36. The molecule has 1 aromatic rings. The Hall–Kier alpha value is -1.22. The van der Waals surface area contributed by atoms with E-state index in [9.17, 15) is 0 Å². The van der Waals surface area contributed by atoms with Gasteiger partial charge in [0.15, 0.2) is 0 Å². The molecule has 0 bridgehead atoms. The predicted octanol–water partition coefficient (Wildman–Crippen LogP) is 1.86. The highest BCUT2D eigenvalue weighted by molar-refractivity contribution is 5.66. The molecule has 3 N–H and O–H groups in total. The summed E-state index contributed by atoms with van der Waals surface area (Å²) in [5.74, 6) is 0. The third-order valence-electron chi connectivity index (χ3n) is 2.75. The molecule has 1 fully saturated rings. The summed E-state index contributed by atoms with van der Waals surface area (Å²) in [5, 5.41) is 3.41. The molecule has 0 spiro atoms. The quantitative estimate of drug-likeness (QED) is 0.718. The minimum absolute atomic E-state index is 0.428. The van der Waals surface area contributed by atoms with Crippen LogP contribution in [-0.2, 0) is 4.74 Å². The Kier molecular flexibility index (Phi) is 2.59. The lowest BCUT2D eigenvalue weighted by molar-refractivity contribution is 0.0329. The Labute approximate surface area is 84.3 Å². The maximum Gasteiger partial charge on any atom is 0.0610 e. The van der Waals surface area contributed by atoms with Gasteiger partial charge in [0.05, 0.1) is 17.5 Å². The smallest absolute Gasteiger partial charge is 0.0610 e. The van der Waals surface area contributed by atoms with Gasteiger partial charge in [0.1, 0.15) is 0 Å². The zero-order chi connectivity index (χ0) is 9.97. The number of rotatable bonds is 3. The average molecular weight is 192 g/mol. The number of ether oxygens (including phenoxy) is 1. The number of nitrogens with two attached hydrogens (primary N) is 1. The van der Waals surface area contributed by atoms with E-state index in [4.69, 9.17) is 10.5 Å². The first-order valence-electron chi connectivity index (χ1n) is 4.93. The van der Waals surface area contributed by atoms with E-state index < -0.39 is 0 Å². The third kappa shape index (κ3) is 1.82.